The highest BCUT2D eigenvalue weighted by atomic mass is 32.1. The van der Waals surface area contributed by atoms with Gasteiger partial charge in [-0.2, -0.15) is 0 Å². The van der Waals surface area contributed by atoms with Crippen molar-refractivity contribution in [2.24, 2.45) is 5.92 Å². The molecule has 1 aliphatic rings. The molecule has 0 aliphatic heterocycles. The second-order valence-corrected chi connectivity index (χ2v) is 8.17. The van der Waals surface area contributed by atoms with Crippen LogP contribution < -0.4 is 5.56 Å². The summed E-state index contributed by atoms with van der Waals surface area (Å²) in [7, 11) is 0. The molecule has 0 saturated heterocycles. The van der Waals surface area contributed by atoms with Crippen molar-refractivity contribution < 1.29 is 9.53 Å². The summed E-state index contributed by atoms with van der Waals surface area (Å²) in [5.41, 5.74) is 0.703. The summed E-state index contributed by atoms with van der Waals surface area (Å²) in [6.07, 6.45) is 5.95. The SMILES string of the molecule is C[C@H](OC(=O)C[C@H]1C=CCC1)c1nc2scc(-c3cccs3)c2c(=O)[nH]1. The Morgan fingerprint density at radius 2 is 2.35 bits per heavy atom. The van der Waals surface area contributed by atoms with Crippen LogP contribution in [0.3, 0.4) is 0 Å². The number of carbonyl (C=O) groups is 1. The number of hydrogen-bond donors (Lipinski definition) is 1. The van der Waals surface area contributed by atoms with Gasteiger partial charge in [0.2, 0.25) is 0 Å². The van der Waals surface area contributed by atoms with Gasteiger partial charge in [-0.1, -0.05) is 18.2 Å². The Morgan fingerprint density at radius 3 is 3.08 bits per heavy atom. The maximum atomic E-state index is 12.6. The molecule has 0 radical (unpaired) electrons. The molecule has 5 nitrogen and oxygen atoms in total. The number of H-pyrrole nitrogens is 1. The van der Waals surface area contributed by atoms with Crippen LogP contribution in [0.5, 0.6) is 0 Å². The minimum Gasteiger partial charge on any atom is -0.454 e. The van der Waals surface area contributed by atoms with Gasteiger partial charge in [-0.05, 0) is 37.1 Å². The van der Waals surface area contributed by atoms with Crippen molar-refractivity contribution in [2.45, 2.75) is 32.3 Å². The molecule has 0 fully saturated rings. The van der Waals surface area contributed by atoms with Crippen LogP contribution in [0, 0.1) is 5.92 Å². The fourth-order valence-corrected chi connectivity index (χ4v) is 4.92. The Morgan fingerprint density at radius 1 is 1.46 bits per heavy atom. The van der Waals surface area contributed by atoms with E-state index in [1.165, 1.54) is 11.3 Å². The van der Waals surface area contributed by atoms with Crippen LogP contribution in [0.4, 0.5) is 0 Å². The van der Waals surface area contributed by atoms with E-state index in [1.807, 2.05) is 22.9 Å². The van der Waals surface area contributed by atoms with Crippen molar-refractivity contribution in [3.8, 4) is 10.4 Å². The van der Waals surface area contributed by atoms with Crippen LogP contribution in [-0.4, -0.2) is 15.9 Å². The quantitative estimate of drug-likeness (QED) is 0.511. The van der Waals surface area contributed by atoms with Gasteiger partial charge in [0.05, 0.1) is 11.8 Å². The lowest BCUT2D eigenvalue weighted by molar-refractivity contribution is -0.149. The van der Waals surface area contributed by atoms with Gasteiger partial charge in [0.1, 0.15) is 4.83 Å². The number of nitrogens with zero attached hydrogens (tertiary/aromatic N) is 1. The van der Waals surface area contributed by atoms with E-state index in [9.17, 15) is 9.59 Å². The molecule has 0 amide bonds. The highest BCUT2D eigenvalue weighted by Gasteiger charge is 2.21. The maximum absolute atomic E-state index is 12.6. The van der Waals surface area contributed by atoms with Gasteiger partial charge in [0.15, 0.2) is 11.9 Å². The Hall–Kier alpha value is -2.25. The van der Waals surface area contributed by atoms with Gasteiger partial charge >= 0.3 is 5.97 Å². The standard InChI is InChI=1S/C19H18N2O3S2/c1-11(24-15(22)9-12-5-2-3-6-12)17-20-18(23)16-13(10-26-19(16)21-17)14-7-4-8-25-14/h2,4-5,7-8,10-12H,3,6,9H2,1H3,(H,20,21,23)/t11-,12-/m0/s1. The zero-order valence-corrected chi connectivity index (χ0v) is 15.9. The Labute approximate surface area is 158 Å². The van der Waals surface area contributed by atoms with Gasteiger partial charge < -0.3 is 9.72 Å². The molecular weight excluding hydrogens is 368 g/mol. The van der Waals surface area contributed by atoms with E-state index < -0.39 is 6.10 Å². The van der Waals surface area contributed by atoms with E-state index in [2.05, 4.69) is 22.1 Å². The topological polar surface area (TPSA) is 72.0 Å². The number of hydrogen-bond acceptors (Lipinski definition) is 6. The fourth-order valence-electron chi connectivity index (χ4n) is 3.15. The number of aromatic nitrogens is 2. The zero-order chi connectivity index (χ0) is 18.1. The summed E-state index contributed by atoms with van der Waals surface area (Å²) in [4.78, 5) is 33.8. The average Bonchev–Trinajstić information content (AvgIpc) is 3.35. The second-order valence-electron chi connectivity index (χ2n) is 6.36. The molecule has 7 heteroatoms. The van der Waals surface area contributed by atoms with Crippen molar-refractivity contribution in [2.75, 3.05) is 0 Å². The summed E-state index contributed by atoms with van der Waals surface area (Å²) in [6, 6.07) is 3.95. The maximum Gasteiger partial charge on any atom is 0.307 e. The van der Waals surface area contributed by atoms with E-state index in [0.717, 1.165) is 23.3 Å². The molecule has 0 bridgehead atoms. The molecule has 1 aliphatic carbocycles. The number of allylic oxidation sites excluding steroid dienone is 2. The smallest absolute Gasteiger partial charge is 0.307 e. The number of fused-ring (bicyclic) bond motifs is 1. The number of ether oxygens (including phenoxy) is 1. The van der Waals surface area contributed by atoms with Crippen LogP contribution in [0.25, 0.3) is 20.7 Å². The number of carbonyl (C=O) groups excluding carboxylic acids is 1. The summed E-state index contributed by atoms with van der Waals surface area (Å²) in [6.45, 7) is 1.74. The third kappa shape index (κ3) is 3.37. The molecule has 0 aromatic carbocycles. The normalized spacial score (nSPS) is 17.7. The van der Waals surface area contributed by atoms with Gasteiger partial charge in [0, 0.05) is 15.8 Å². The van der Waals surface area contributed by atoms with Crippen LogP contribution in [-0.2, 0) is 9.53 Å². The average molecular weight is 386 g/mol. The molecule has 0 spiro atoms. The molecule has 3 heterocycles. The van der Waals surface area contributed by atoms with E-state index in [1.54, 1.807) is 18.3 Å². The summed E-state index contributed by atoms with van der Waals surface area (Å²) < 4.78 is 5.48. The van der Waals surface area contributed by atoms with Crippen molar-refractivity contribution in [1.29, 1.82) is 0 Å². The van der Waals surface area contributed by atoms with Crippen LogP contribution >= 0.6 is 22.7 Å². The van der Waals surface area contributed by atoms with Gasteiger partial charge in [-0.25, -0.2) is 4.98 Å². The number of nitrogens with one attached hydrogen (secondary N) is 1. The Balaban J connectivity index is 1.56. The largest absolute Gasteiger partial charge is 0.454 e. The minimum atomic E-state index is -0.586. The summed E-state index contributed by atoms with van der Waals surface area (Å²) >= 11 is 3.02. The highest BCUT2D eigenvalue weighted by Crippen LogP contribution is 2.34. The van der Waals surface area contributed by atoms with E-state index in [-0.39, 0.29) is 17.4 Å². The lowest BCUT2D eigenvalue weighted by Crippen LogP contribution is -2.18. The molecule has 0 saturated carbocycles. The lowest BCUT2D eigenvalue weighted by Gasteiger charge is -2.14. The van der Waals surface area contributed by atoms with Crippen molar-refractivity contribution in [1.82, 2.24) is 9.97 Å². The van der Waals surface area contributed by atoms with Gasteiger partial charge in [-0.3, -0.25) is 9.59 Å². The van der Waals surface area contributed by atoms with Crippen molar-refractivity contribution in [3.63, 3.8) is 0 Å². The van der Waals surface area contributed by atoms with Crippen molar-refractivity contribution >= 4 is 38.9 Å². The van der Waals surface area contributed by atoms with Crippen molar-refractivity contribution in [3.05, 3.63) is 51.2 Å². The second kappa shape index (κ2) is 7.17. The van der Waals surface area contributed by atoms with E-state index in [4.69, 9.17) is 4.74 Å². The Kier molecular flexibility index (Phi) is 4.74. The number of esters is 1. The van der Waals surface area contributed by atoms with E-state index in [0.29, 0.717) is 22.5 Å². The molecule has 1 N–H and O–H groups in total. The molecule has 3 aromatic rings. The first-order valence-electron chi connectivity index (χ1n) is 8.53. The molecular formula is C19H18N2O3S2. The number of thiophene rings is 2. The summed E-state index contributed by atoms with van der Waals surface area (Å²) in [5.74, 6) is 0.384. The number of rotatable bonds is 5. The molecule has 26 heavy (non-hydrogen) atoms. The first-order valence-corrected chi connectivity index (χ1v) is 10.3. The molecule has 3 aromatic heterocycles. The Bertz CT molecular complexity index is 1020. The molecule has 134 valence electrons. The lowest BCUT2D eigenvalue weighted by atomic mass is 10.1. The monoisotopic (exact) mass is 386 g/mol. The summed E-state index contributed by atoms with van der Waals surface area (Å²) in [5, 5.41) is 4.53. The van der Waals surface area contributed by atoms with E-state index >= 15 is 0 Å². The predicted molar refractivity (Wildman–Crippen MR) is 105 cm³/mol. The number of aromatic amines is 1. The third-order valence-electron chi connectivity index (χ3n) is 4.48. The van der Waals surface area contributed by atoms with Crippen LogP contribution in [0.15, 0.2) is 39.8 Å². The fraction of sp³-hybridized carbons (Fsp3) is 0.316. The first kappa shape index (κ1) is 17.2. The molecule has 0 unspecified atom stereocenters. The minimum absolute atomic E-state index is 0.198. The first-order chi connectivity index (χ1) is 12.6. The highest BCUT2D eigenvalue weighted by molar-refractivity contribution is 7.18. The van der Waals surface area contributed by atoms with Crippen LogP contribution in [0.1, 0.15) is 38.1 Å². The van der Waals surface area contributed by atoms with Gasteiger partial charge in [-0.15, -0.1) is 22.7 Å². The molecule has 2 atom stereocenters. The molecule has 4 rings (SSSR count). The predicted octanol–water partition coefficient (Wildman–Crippen LogP) is 4.67. The third-order valence-corrected chi connectivity index (χ3v) is 6.26. The zero-order valence-electron chi connectivity index (χ0n) is 14.2. The van der Waals surface area contributed by atoms with Gasteiger partial charge in [0.25, 0.3) is 5.56 Å². The van der Waals surface area contributed by atoms with Crippen LogP contribution in [0.2, 0.25) is 0 Å².